The number of hydrogen-bond acceptors (Lipinski definition) is 3. The number of carbonyl (C=O) groups excluding carboxylic acids is 2. The highest BCUT2D eigenvalue weighted by Crippen LogP contribution is 2.24. The maximum Gasteiger partial charge on any atom is 0.337 e. The number of rotatable bonds is 3. The molecular weight excluding hydrogens is 254 g/mol. The van der Waals surface area contributed by atoms with Crippen LogP contribution in [0.4, 0.5) is 0 Å². The first-order chi connectivity index (χ1) is 9.61. The molecule has 0 radical (unpaired) electrons. The summed E-state index contributed by atoms with van der Waals surface area (Å²) in [4.78, 5) is 23.7. The molecule has 0 aliphatic heterocycles. The third-order valence-corrected chi connectivity index (χ3v) is 3.97. The van der Waals surface area contributed by atoms with Gasteiger partial charge < -0.3 is 10.1 Å². The van der Waals surface area contributed by atoms with Crippen LogP contribution in [-0.4, -0.2) is 25.0 Å². The quantitative estimate of drug-likeness (QED) is 0.863. The van der Waals surface area contributed by atoms with Gasteiger partial charge in [-0.1, -0.05) is 25.8 Å². The molecule has 4 heteroatoms. The Bertz CT molecular complexity index is 498. The van der Waals surface area contributed by atoms with Crippen LogP contribution in [0.2, 0.25) is 0 Å². The highest BCUT2D eigenvalue weighted by atomic mass is 16.5. The molecule has 1 N–H and O–H groups in total. The van der Waals surface area contributed by atoms with Gasteiger partial charge in [0.2, 0.25) is 0 Å². The molecule has 1 aliphatic carbocycles. The molecule has 4 nitrogen and oxygen atoms in total. The van der Waals surface area contributed by atoms with Gasteiger partial charge in [0.15, 0.2) is 0 Å². The number of nitrogens with one attached hydrogen (secondary N) is 1. The maximum absolute atomic E-state index is 12.3. The zero-order valence-electron chi connectivity index (χ0n) is 12.0. The summed E-state index contributed by atoms with van der Waals surface area (Å²) in [6.07, 6.45) is 4.60. The van der Waals surface area contributed by atoms with E-state index in [1.54, 1.807) is 24.3 Å². The van der Waals surface area contributed by atoms with Crippen LogP contribution in [-0.2, 0) is 4.74 Å². The van der Waals surface area contributed by atoms with Gasteiger partial charge in [-0.05, 0) is 37.0 Å². The van der Waals surface area contributed by atoms with Crippen molar-refractivity contribution in [1.82, 2.24) is 5.32 Å². The fourth-order valence-electron chi connectivity index (χ4n) is 2.69. The maximum atomic E-state index is 12.3. The van der Waals surface area contributed by atoms with Gasteiger partial charge in [0.1, 0.15) is 0 Å². The van der Waals surface area contributed by atoms with Gasteiger partial charge in [-0.3, -0.25) is 4.79 Å². The molecule has 1 aliphatic rings. The van der Waals surface area contributed by atoms with Crippen molar-refractivity contribution in [2.75, 3.05) is 7.11 Å². The summed E-state index contributed by atoms with van der Waals surface area (Å²) in [7, 11) is 1.33. The Balaban J connectivity index is 2.07. The monoisotopic (exact) mass is 275 g/mol. The van der Waals surface area contributed by atoms with E-state index in [1.165, 1.54) is 13.5 Å². The minimum absolute atomic E-state index is 0.116. The minimum Gasteiger partial charge on any atom is -0.465 e. The third kappa shape index (κ3) is 3.38. The molecule has 1 fully saturated rings. The van der Waals surface area contributed by atoms with Crippen molar-refractivity contribution < 1.29 is 14.3 Å². The number of esters is 1. The Labute approximate surface area is 119 Å². The molecule has 108 valence electrons. The molecule has 20 heavy (non-hydrogen) atoms. The summed E-state index contributed by atoms with van der Waals surface area (Å²) in [5.41, 5.74) is 0.905. The Morgan fingerprint density at radius 1 is 1.20 bits per heavy atom. The van der Waals surface area contributed by atoms with E-state index >= 15 is 0 Å². The summed E-state index contributed by atoms with van der Waals surface area (Å²) in [6.45, 7) is 2.18. The lowest BCUT2D eigenvalue weighted by atomic mass is 9.86. The molecule has 1 aromatic rings. The van der Waals surface area contributed by atoms with E-state index in [0.29, 0.717) is 17.0 Å². The molecule has 1 saturated carbocycles. The van der Waals surface area contributed by atoms with Gasteiger partial charge in [-0.15, -0.1) is 0 Å². The molecular formula is C16H21NO3. The number of carbonyl (C=O) groups is 2. The van der Waals surface area contributed by atoms with Gasteiger partial charge in [-0.25, -0.2) is 4.79 Å². The molecule has 1 amide bonds. The van der Waals surface area contributed by atoms with Crippen LogP contribution in [0.1, 0.15) is 53.3 Å². The Hall–Kier alpha value is -1.84. The summed E-state index contributed by atoms with van der Waals surface area (Å²) < 4.78 is 4.67. The Morgan fingerprint density at radius 3 is 2.60 bits per heavy atom. The van der Waals surface area contributed by atoms with Crippen molar-refractivity contribution in [1.29, 1.82) is 0 Å². The summed E-state index contributed by atoms with van der Waals surface area (Å²) in [6, 6.07) is 6.87. The molecule has 0 bridgehead atoms. The first-order valence-corrected chi connectivity index (χ1v) is 7.11. The highest BCUT2D eigenvalue weighted by Gasteiger charge is 2.23. The van der Waals surface area contributed by atoms with Crippen LogP contribution in [0.5, 0.6) is 0 Å². The second-order valence-corrected chi connectivity index (χ2v) is 5.41. The fourth-order valence-corrected chi connectivity index (χ4v) is 2.69. The van der Waals surface area contributed by atoms with E-state index in [2.05, 4.69) is 17.0 Å². The Kier molecular flexibility index (Phi) is 4.77. The fraction of sp³-hybridized carbons (Fsp3) is 0.500. The first-order valence-electron chi connectivity index (χ1n) is 7.11. The molecule has 0 saturated heterocycles. The third-order valence-electron chi connectivity index (χ3n) is 3.97. The van der Waals surface area contributed by atoms with Crippen molar-refractivity contribution in [3.63, 3.8) is 0 Å². The van der Waals surface area contributed by atoms with Crippen LogP contribution < -0.4 is 5.32 Å². The summed E-state index contributed by atoms with van der Waals surface area (Å²) >= 11 is 0. The standard InChI is InChI=1S/C16H21NO3/c1-11-6-3-4-9-14(11)17-15(18)12-7-5-8-13(10-12)16(19)20-2/h5,7-8,10-11,14H,3-4,6,9H2,1-2H3,(H,17,18). The molecule has 0 aromatic heterocycles. The van der Waals surface area contributed by atoms with Crippen LogP contribution in [0, 0.1) is 5.92 Å². The SMILES string of the molecule is COC(=O)c1cccc(C(=O)NC2CCCCC2C)c1. The van der Waals surface area contributed by atoms with Gasteiger partial charge in [0.05, 0.1) is 12.7 Å². The topological polar surface area (TPSA) is 55.4 Å². The Morgan fingerprint density at radius 2 is 1.90 bits per heavy atom. The second-order valence-electron chi connectivity index (χ2n) is 5.41. The average molecular weight is 275 g/mol. The van der Waals surface area contributed by atoms with Crippen molar-refractivity contribution in [3.8, 4) is 0 Å². The summed E-state index contributed by atoms with van der Waals surface area (Å²) in [5.74, 6) is -0.0309. The largest absolute Gasteiger partial charge is 0.465 e. The van der Waals surface area contributed by atoms with Crippen LogP contribution >= 0.6 is 0 Å². The van der Waals surface area contributed by atoms with Crippen LogP contribution in [0.3, 0.4) is 0 Å². The minimum atomic E-state index is -0.425. The number of ether oxygens (including phenoxy) is 1. The number of methoxy groups -OCH3 is 1. The normalized spacial score (nSPS) is 22.1. The number of benzene rings is 1. The molecule has 0 spiro atoms. The van der Waals surface area contributed by atoms with E-state index in [1.807, 2.05) is 0 Å². The van der Waals surface area contributed by atoms with E-state index in [-0.39, 0.29) is 11.9 Å². The first kappa shape index (κ1) is 14.6. The predicted molar refractivity (Wildman–Crippen MR) is 76.7 cm³/mol. The van der Waals surface area contributed by atoms with Crippen molar-refractivity contribution in [2.45, 2.75) is 38.6 Å². The van der Waals surface area contributed by atoms with E-state index < -0.39 is 5.97 Å². The van der Waals surface area contributed by atoms with E-state index in [0.717, 1.165) is 19.3 Å². The highest BCUT2D eigenvalue weighted by molar-refractivity contribution is 5.98. The van der Waals surface area contributed by atoms with Crippen molar-refractivity contribution in [3.05, 3.63) is 35.4 Å². The molecule has 0 heterocycles. The molecule has 2 rings (SSSR count). The number of amides is 1. The lowest BCUT2D eigenvalue weighted by Gasteiger charge is -2.29. The lowest BCUT2D eigenvalue weighted by molar-refractivity contribution is 0.0600. The molecule has 1 aromatic carbocycles. The van der Waals surface area contributed by atoms with Crippen LogP contribution in [0.15, 0.2) is 24.3 Å². The molecule has 2 atom stereocenters. The van der Waals surface area contributed by atoms with Gasteiger partial charge >= 0.3 is 5.97 Å². The van der Waals surface area contributed by atoms with Gasteiger partial charge in [0, 0.05) is 11.6 Å². The van der Waals surface area contributed by atoms with E-state index in [9.17, 15) is 9.59 Å². The average Bonchev–Trinajstić information content (AvgIpc) is 2.49. The zero-order valence-corrected chi connectivity index (χ0v) is 12.0. The summed E-state index contributed by atoms with van der Waals surface area (Å²) in [5, 5.41) is 3.08. The van der Waals surface area contributed by atoms with Gasteiger partial charge in [-0.2, -0.15) is 0 Å². The number of hydrogen-bond donors (Lipinski definition) is 1. The smallest absolute Gasteiger partial charge is 0.337 e. The van der Waals surface area contributed by atoms with Crippen molar-refractivity contribution >= 4 is 11.9 Å². The van der Waals surface area contributed by atoms with Gasteiger partial charge in [0.25, 0.3) is 5.91 Å². The molecule has 2 unspecified atom stereocenters. The van der Waals surface area contributed by atoms with Crippen molar-refractivity contribution in [2.24, 2.45) is 5.92 Å². The van der Waals surface area contributed by atoms with Crippen LogP contribution in [0.25, 0.3) is 0 Å². The zero-order chi connectivity index (χ0) is 14.5. The predicted octanol–water partition coefficient (Wildman–Crippen LogP) is 2.78. The second kappa shape index (κ2) is 6.55. The lowest BCUT2D eigenvalue weighted by Crippen LogP contribution is -2.41. The van der Waals surface area contributed by atoms with E-state index in [4.69, 9.17) is 0 Å².